The van der Waals surface area contributed by atoms with Crippen molar-refractivity contribution < 1.29 is 4.74 Å². The monoisotopic (exact) mass is 229 g/mol. The summed E-state index contributed by atoms with van der Waals surface area (Å²) in [5, 5.41) is 0. The fourth-order valence-corrected chi connectivity index (χ4v) is 3.09. The first-order chi connectivity index (χ1) is 8.40. The van der Waals surface area contributed by atoms with E-state index in [-0.39, 0.29) is 0 Å². The number of hydrogen-bond donors (Lipinski definition) is 0. The van der Waals surface area contributed by atoms with Crippen molar-refractivity contribution in [3.8, 4) is 0 Å². The standard InChI is InChI=1S/C15H19NO/c1-2-13-9-6-10-15-16(13)14(11-17-15)12-7-4-3-5-8-12/h2-5,7-8,13-15H,1,6,9-11H2/t13-,14+,15?/m1/s1. The van der Waals surface area contributed by atoms with Crippen LogP contribution in [0.1, 0.15) is 30.9 Å². The van der Waals surface area contributed by atoms with Gasteiger partial charge in [-0.15, -0.1) is 6.58 Å². The molecule has 17 heavy (non-hydrogen) atoms. The normalized spacial score (nSPS) is 33.3. The Bertz CT molecular complexity index is 389. The highest BCUT2D eigenvalue weighted by Crippen LogP contribution is 2.38. The number of piperidine rings is 1. The van der Waals surface area contributed by atoms with Gasteiger partial charge in [0.15, 0.2) is 0 Å². The van der Waals surface area contributed by atoms with Gasteiger partial charge in [-0.05, 0) is 24.8 Å². The molecule has 0 amide bonds. The molecule has 0 spiro atoms. The molecule has 0 radical (unpaired) electrons. The molecular weight excluding hydrogens is 210 g/mol. The fourth-order valence-electron chi connectivity index (χ4n) is 3.09. The van der Waals surface area contributed by atoms with Crippen LogP contribution < -0.4 is 0 Å². The molecule has 2 aliphatic rings. The van der Waals surface area contributed by atoms with Crippen molar-refractivity contribution in [1.29, 1.82) is 0 Å². The molecule has 3 atom stereocenters. The minimum absolute atomic E-state index is 0.303. The quantitative estimate of drug-likeness (QED) is 0.722. The molecule has 2 fully saturated rings. The highest BCUT2D eigenvalue weighted by Gasteiger charge is 2.40. The average molecular weight is 229 g/mol. The molecule has 0 N–H and O–H groups in total. The van der Waals surface area contributed by atoms with E-state index in [0.29, 0.717) is 18.3 Å². The zero-order chi connectivity index (χ0) is 11.7. The molecule has 1 aromatic carbocycles. The van der Waals surface area contributed by atoms with E-state index in [0.717, 1.165) is 13.0 Å². The number of hydrogen-bond acceptors (Lipinski definition) is 2. The number of fused-ring (bicyclic) bond motifs is 1. The van der Waals surface area contributed by atoms with Crippen molar-refractivity contribution in [2.45, 2.75) is 37.6 Å². The number of ether oxygens (including phenoxy) is 1. The van der Waals surface area contributed by atoms with Gasteiger partial charge in [-0.2, -0.15) is 0 Å². The molecule has 1 unspecified atom stereocenters. The van der Waals surface area contributed by atoms with Gasteiger partial charge in [-0.25, -0.2) is 0 Å². The first-order valence-electron chi connectivity index (χ1n) is 6.46. The van der Waals surface area contributed by atoms with Gasteiger partial charge in [0.1, 0.15) is 6.23 Å². The maximum Gasteiger partial charge on any atom is 0.111 e. The summed E-state index contributed by atoms with van der Waals surface area (Å²) in [5.74, 6) is 0. The summed E-state index contributed by atoms with van der Waals surface area (Å²) >= 11 is 0. The Balaban J connectivity index is 1.88. The van der Waals surface area contributed by atoms with Crippen LogP contribution in [-0.4, -0.2) is 23.8 Å². The first-order valence-corrected chi connectivity index (χ1v) is 6.46. The van der Waals surface area contributed by atoms with Crippen molar-refractivity contribution in [3.63, 3.8) is 0 Å². The third kappa shape index (κ3) is 1.92. The Labute approximate surface area is 103 Å². The minimum Gasteiger partial charge on any atom is -0.361 e. The maximum absolute atomic E-state index is 5.93. The number of benzene rings is 1. The van der Waals surface area contributed by atoms with Gasteiger partial charge in [0.2, 0.25) is 0 Å². The van der Waals surface area contributed by atoms with Crippen LogP contribution in [0.4, 0.5) is 0 Å². The molecule has 3 rings (SSSR count). The topological polar surface area (TPSA) is 12.5 Å². The Kier molecular flexibility index (Phi) is 3.00. The minimum atomic E-state index is 0.303. The second kappa shape index (κ2) is 4.63. The SMILES string of the molecule is C=C[C@@H]1CCCC2OC[C@@H](c3ccccc3)N21. The van der Waals surface area contributed by atoms with Crippen LogP contribution in [0.25, 0.3) is 0 Å². The van der Waals surface area contributed by atoms with E-state index in [4.69, 9.17) is 4.74 Å². The van der Waals surface area contributed by atoms with E-state index in [2.05, 4.69) is 47.9 Å². The second-order valence-electron chi connectivity index (χ2n) is 4.90. The zero-order valence-electron chi connectivity index (χ0n) is 10.1. The van der Waals surface area contributed by atoms with E-state index in [1.807, 2.05) is 0 Å². The third-order valence-corrected chi connectivity index (χ3v) is 3.93. The van der Waals surface area contributed by atoms with Crippen LogP contribution >= 0.6 is 0 Å². The molecule has 2 nitrogen and oxygen atoms in total. The largest absolute Gasteiger partial charge is 0.361 e. The summed E-state index contributed by atoms with van der Waals surface area (Å²) in [7, 11) is 0. The van der Waals surface area contributed by atoms with Crippen LogP contribution in [0.15, 0.2) is 43.0 Å². The summed E-state index contributed by atoms with van der Waals surface area (Å²) in [5.41, 5.74) is 1.36. The molecule has 2 heteroatoms. The maximum atomic E-state index is 5.93. The molecule has 90 valence electrons. The van der Waals surface area contributed by atoms with E-state index < -0.39 is 0 Å². The highest BCUT2D eigenvalue weighted by molar-refractivity contribution is 5.21. The predicted octanol–water partition coefficient (Wildman–Crippen LogP) is 3.12. The molecule has 2 saturated heterocycles. The summed E-state index contributed by atoms with van der Waals surface area (Å²) in [4.78, 5) is 2.51. The van der Waals surface area contributed by atoms with Crippen molar-refractivity contribution in [2.24, 2.45) is 0 Å². The second-order valence-corrected chi connectivity index (χ2v) is 4.90. The van der Waals surface area contributed by atoms with Crippen LogP contribution in [0.2, 0.25) is 0 Å². The third-order valence-electron chi connectivity index (χ3n) is 3.93. The van der Waals surface area contributed by atoms with E-state index in [1.165, 1.54) is 18.4 Å². The number of nitrogens with zero attached hydrogens (tertiary/aromatic N) is 1. The van der Waals surface area contributed by atoms with E-state index in [9.17, 15) is 0 Å². The molecule has 2 heterocycles. The fraction of sp³-hybridized carbons (Fsp3) is 0.467. The molecule has 0 bridgehead atoms. The molecule has 0 aliphatic carbocycles. The molecule has 0 aromatic heterocycles. The van der Waals surface area contributed by atoms with Crippen LogP contribution in [0.5, 0.6) is 0 Å². The smallest absolute Gasteiger partial charge is 0.111 e. The van der Waals surface area contributed by atoms with Crippen LogP contribution in [0.3, 0.4) is 0 Å². The van der Waals surface area contributed by atoms with Crippen molar-refractivity contribution in [3.05, 3.63) is 48.6 Å². The highest BCUT2D eigenvalue weighted by atomic mass is 16.5. The summed E-state index contributed by atoms with van der Waals surface area (Å²) < 4.78 is 5.93. The summed E-state index contributed by atoms with van der Waals surface area (Å²) in [6, 6.07) is 11.6. The number of rotatable bonds is 2. The lowest BCUT2D eigenvalue weighted by atomic mass is 9.97. The van der Waals surface area contributed by atoms with Crippen molar-refractivity contribution in [1.82, 2.24) is 4.90 Å². The van der Waals surface area contributed by atoms with Gasteiger partial charge < -0.3 is 4.74 Å². The Morgan fingerprint density at radius 2 is 2.06 bits per heavy atom. The lowest BCUT2D eigenvalue weighted by molar-refractivity contribution is -0.0139. The lowest BCUT2D eigenvalue weighted by Crippen LogP contribution is -2.43. The van der Waals surface area contributed by atoms with Gasteiger partial charge in [0, 0.05) is 6.04 Å². The molecule has 2 aliphatic heterocycles. The first kappa shape index (κ1) is 11.0. The summed E-state index contributed by atoms with van der Waals surface area (Å²) in [6.45, 7) is 4.79. The Morgan fingerprint density at radius 3 is 2.82 bits per heavy atom. The molecule has 1 aromatic rings. The average Bonchev–Trinajstić information content (AvgIpc) is 2.83. The van der Waals surface area contributed by atoms with Crippen molar-refractivity contribution >= 4 is 0 Å². The zero-order valence-corrected chi connectivity index (χ0v) is 10.1. The van der Waals surface area contributed by atoms with Gasteiger partial charge >= 0.3 is 0 Å². The summed E-state index contributed by atoms with van der Waals surface area (Å²) in [6.07, 6.45) is 6.01. The van der Waals surface area contributed by atoms with Gasteiger partial charge in [0.05, 0.1) is 12.6 Å². The Hall–Kier alpha value is -1.12. The van der Waals surface area contributed by atoms with E-state index in [1.54, 1.807) is 0 Å². The van der Waals surface area contributed by atoms with Gasteiger partial charge in [-0.3, -0.25) is 4.90 Å². The van der Waals surface area contributed by atoms with Crippen LogP contribution in [-0.2, 0) is 4.74 Å². The van der Waals surface area contributed by atoms with Gasteiger partial charge in [-0.1, -0.05) is 36.4 Å². The molecular formula is C15H19NO. The predicted molar refractivity (Wildman–Crippen MR) is 68.6 cm³/mol. The molecule has 0 saturated carbocycles. The van der Waals surface area contributed by atoms with Crippen LogP contribution in [0, 0.1) is 0 Å². The lowest BCUT2D eigenvalue weighted by Gasteiger charge is -2.38. The Morgan fingerprint density at radius 1 is 1.24 bits per heavy atom. The van der Waals surface area contributed by atoms with Crippen molar-refractivity contribution in [2.75, 3.05) is 6.61 Å². The van der Waals surface area contributed by atoms with E-state index >= 15 is 0 Å². The van der Waals surface area contributed by atoms with Gasteiger partial charge in [0.25, 0.3) is 0 Å².